The van der Waals surface area contributed by atoms with Gasteiger partial charge in [0.1, 0.15) is 11.8 Å². The Hall–Kier alpha value is -2.72. The van der Waals surface area contributed by atoms with Gasteiger partial charge in [0.15, 0.2) is 16.6 Å². The van der Waals surface area contributed by atoms with Crippen LogP contribution in [0.25, 0.3) is 0 Å². The van der Waals surface area contributed by atoms with Crippen molar-refractivity contribution in [2.24, 2.45) is 0 Å². The fraction of sp³-hybridized carbons (Fsp3) is 0.200. The van der Waals surface area contributed by atoms with Crippen LogP contribution in [0.15, 0.2) is 36.7 Å². The smallest absolute Gasteiger partial charge is 0.183 e. The Morgan fingerprint density at radius 3 is 2.95 bits per heavy atom. The number of hydrogen-bond donors (Lipinski definition) is 2. The van der Waals surface area contributed by atoms with E-state index in [1.807, 2.05) is 30.3 Å². The first-order valence-corrected chi connectivity index (χ1v) is 7.02. The van der Waals surface area contributed by atoms with Crippen LogP contribution in [0.5, 0.6) is 5.75 Å². The van der Waals surface area contributed by atoms with E-state index < -0.39 is 0 Å². The van der Waals surface area contributed by atoms with E-state index >= 15 is 0 Å². The lowest BCUT2D eigenvalue weighted by Crippen LogP contribution is -2.30. The number of thiocarbonyl (C=S) groups is 1. The second-order valence-electron chi connectivity index (χ2n) is 4.35. The third kappa shape index (κ3) is 4.40. The first-order valence-electron chi connectivity index (χ1n) is 6.62. The molecule has 0 spiro atoms. The quantitative estimate of drug-likeness (QED) is 0.816. The van der Waals surface area contributed by atoms with Gasteiger partial charge in [-0.15, -0.1) is 0 Å². The average molecular weight is 313 g/mol. The van der Waals surface area contributed by atoms with E-state index in [0.717, 1.165) is 17.7 Å². The lowest BCUT2D eigenvalue weighted by Gasteiger charge is -2.10. The number of methoxy groups -OCH3 is 1. The lowest BCUT2D eigenvalue weighted by atomic mass is 10.1. The topological polar surface area (TPSA) is 82.9 Å². The fourth-order valence-corrected chi connectivity index (χ4v) is 2.01. The molecule has 2 rings (SSSR count). The number of aromatic nitrogens is 2. The van der Waals surface area contributed by atoms with E-state index in [1.165, 1.54) is 12.4 Å². The van der Waals surface area contributed by atoms with Gasteiger partial charge in [-0.25, -0.2) is 9.97 Å². The minimum absolute atomic E-state index is 0.208. The van der Waals surface area contributed by atoms with Crippen LogP contribution in [0.3, 0.4) is 0 Å². The molecule has 0 saturated carbocycles. The molecule has 7 heteroatoms. The molecule has 1 heterocycles. The highest BCUT2D eigenvalue weighted by atomic mass is 32.1. The SMILES string of the molecule is COc1cccc(CCNC(=S)Nc2nccnc2C#N)c1. The minimum Gasteiger partial charge on any atom is -0.497 e. The molecule has 0 unspecified atom stereocenters. The fourth-order valence-electron chi connectivity index (χ4n) is 1.81. The summed E-state index contributed by atoms with van der Waals surface area (Å²) in [6, 6.07) is 9.82. The number of nitriles is 1. The molecule has 0 saturated heterocycles. The van der Waals surface area contributed by atoms with Crippen LogP contribution >= 0.6 is 12.2 Å². The van der Waals surface area contributed by atoms with Crippen LogP contribution in [0, 0.1) is 11.3 Å². The number of rotatable bonds is 5. The Balaban J connectivity index is 1.84. The summed E-state index contributed by atoms with van der Waals surface area (Å²) in [5.41, 5.74) is 1.35. The third-order valence-corrected chi connectivity index (χ3v) is 3.12. The monoisotopic (exact) mass is 313 g/mol. The molecule has 6 nitrogen and oxygen atoms in total. The standard InChI is InChI=1S/C15H15N5OS/c1-21-12-4-2-3-11(9-12)5-6-19-15(22)20-14-13(10-16)17-7-8-18-14/h2-4,7-9H,5-6H2,1H3,(H2,18,19,20,22). The molecule has 0 radical (unpaired) electrons. The zero-order valence-electron chi connectivity index (χ0n) is 12.0. The summed E-state index contributed by atoms with van der Waals surface area (Å²) in [4.78, 5) is 7.95. The maximum Gasteiger partial charge on any atom is 0.183 e. The van der Waals surface area contributed by atoms with Crippen molar-refractivity contribution in [1.29, 1.82) is 5.26 Å². The number of anilines is 1. The second kappa shape index (κ2) is 7.90. The van der Waals surface area contributed by atoms with Crippen LogP contribution in [-0.4, -0.2) is 28.7 Å². The summed E-state index contributed by atoms with van der Waals surface area (Å²) in [6.45, 7) is 0.654. The Labute approximate surface area is 134 Å². The van der Waals surface area contributed by atoms with Gasteiger partial charge >= 0.3 is 0 Å². The minimum atomic E-state index is 0.208. The Bertz CT molecular complexity index is 698. The van der Waals surface area contributed by atoms with Gasteiger partial charge in [-0.3, -0.25) is 0 Å². The summed E-state index contributed by atoms with van der Waals surface area (Å²) < 4.78 is 5.18. The Morgan fingerprint density at radius 2 is 2.18 bits per heavy atom. The van der Waals surface area contributed by atoms with Gasteiger partial charge in [-0.1, -0.05) is 12.1 Å². The zero-order valence-corrected chi connectivity index (χ0v) is 12.9. The van der Waals surface area contributed by atoms with Crippen LogP contribution < -0.4 is 15.4 Å². The maximum absolute atomic E-state index is 8.94. The van der Waals surface area contributed by atoms with Crippen molar-refractivity contribution in [3.63, 3.8) is 0 Å². The molecule has 0 aliphatic carbocycles. The molecule has 2 aromatic rings. The van der Waals surface area contributed by atoms with E-state index in [2.05, 4.69) is 20.6 Å². The van der Waals surface area contributed by atoms with Crippen molar-refractivity contribution in [3.05, 3.63) is 47.9 Å². The normalized spacial score (nSPS) is 9.64. The number of nitrogens with one attached hydrogen (secondary N) is 2. The second-order valence-corrected chi connectivity index (χ2v) is 4.76. The van der Waals surface area contributed by atoms with Crippen molar-refractivity contribution in [1.82, 2.24) is 15.3 Å². The van der Waals surface area contributed by atoms with E-state index in [9.17, 15) is 0 Å². The van der Waals surface area contributed by atoms with E-state index in [1.54, 1.807) is 7.11 Å². The molecule has 0 atom stereocenters. The van der Waals surface area contributed by atoms with E-state index in [-0.39, 0.29) is 5.69 Å². The molecule has 0 amide bonds. The zero-order chi connectivity index (χ0) is 15.8. The maximum atomic E-state index is 8.94. The van der Waals surface area contributed by atoms with Crippen molar-refractivity contribution in [2.75, 3.05) is 19.0 Å². The lowest BCUT2D eigenvalue weighted by molar-refractivity contribution is 0.414. The molecular formula is C15H15N5OS. The summed E-state index contributed by atoms with van der Waals surface area (Å²) in [5, 5.41) is 15.3. The molecular weight excluding hydrogens is 298 g/mol. The number of ether oxygens (including phenoxy) is 1. The highest BCUT2D eigenvalue weighted by Gasteiger charge is 2.05. The van der Waals surface area contributed by atoms with Gasteiger partial charge in [-0.05, 0) is 36.3 Å². The van der Waals surface area contributed by atoms with Crippen LogP contribution in [-0.2, 0) is 6.42 Å². The summed E-state index contributed by atoms with van der Waals surface area (Å²) >= 11 is 5.18. The Morgan fingerprint density at radius 1 is 1.36 bits per heavy atom. The van der Waals surface area contributed by atoms with E-state index in [0.29, 0.717) is 17.5 Å². The first-order chi connectivity index (χ1) is 10.7. The summed E-state index contributed by atoms with van der Waals surface area (Å²) in [5.74, 6) is 1.18. The van der Waals surface area contributed by atoms with Gasteiger partial charge in [0.2, 0.25) is 0 Å². The molecule has 0 fully saturated rings. The highest BCUT2D eigenvalue weighted by molar-refractivity contribution is 7.80. The van der Waals surface area contributed by atoms with Crippen molar-refractivity contribution in [2.45, 2.75) is 6.42 Å². The molecule has 1 aromatic carbocycles. The van der Waals surface area contributed by atoms with Gasteiger partial charge < -0.3 is 15.4 Å². The number of benzene rings is 1. The first kappa shape index (κ1) is 15.7. The predicted molar refractivity (Wildman–Crippen MR) is 87.7 cm³/mol. The van der Waals surface area contributed by atoms with Gasteiger partial charge in [0, 0.05) is 18.9 Å². The largest absolute Gasteiger partial charge is 0.497 e. The predicted octanol–water partition coefficient (Wildman–Crippen LogP) is 1.89. The number of nitrogens with zero attached hydrogens (tertiary/aromatic N) is 3. The summed E-state index contributed by atoms with van der Waals surface area (Å²) in [6.07, 6.45) is 3.76. The Kier molecular flexibility index (Phi) is 5.63. The molecule has 0 bridgehead atoms. The third-order valence-electron chi connectivity index (χ3n) is 2.87. The van der Waals surface area contributed by atoms with Gasteiger partial charge in [0.25, 0.3) is 0 Å². The van der Waals surface area contributed by atoms with Crippen LogP contribution in [0.1, 0.15) is 11.3 Å². The van der Waals surface area contributed by atoms with Crippen LogP contribution in [0.4, 0.5) is 5.82 Å². The van der Waals surface area contributed by atoms with Gasteiger partial charge in [-0.2, -0.15) is 5.26 Å². The van der Waals surface area contributed by atoms with Crippen molar-refractivity contribution in [3.8, 4) is 11.8 Å². The molecule has 1 aromatic heterocycles. The average Bonchev–Trinajstić information content (AvgIpc) is 2.55. The molecule has 22 heavy (non-hydrogen) atoms. The van der Waals surface area contributed by atoms with Crippen molar-refractivity contribution < 1.29 is 4.74 Å². The number of hydrogen-bond acceptors (Lipinski definition) is 5. The van der Waals surface area contributed by atoms with E-state index in [4.69, 9.17) is 22.2 Å². The van der Waals surface area contributed by atoms with Crippen LogP contribution in [0.2, 0.25) is 0 Å². The van der Waals surface area contributed by atoms with Gasteiger partial charge in [0.05, 0.1) is 7.11 Å². The highest BCUT2D eigenvalue weighted by Crippen LogP contribution is 2.12. The summed E-state index contributed by atoms with van der Waals surface area (Å²) in [7, 11) is 1.64. The molecule has 112 valence electrons. The molecule has 2 N–H and O–H groups in total. The molecule has 0 aliphatic rings. The molecule has 0 aliphatic heterocycles. The van der Waals surface area contributed by atoms with Crippen molar-refractivity contribution >= 4 is 23.1 Å².